The van der Waals surface area contributed by atoms with Crippen LogP contribution in [0.25, 0.3) is 11.0 Å². The highest BCUT2D eigenvalue weighted by molar-refractivity contribution is 5.86. The number of aromatic nitrogens is 4. The third kappa shape index (κ3) is 2.85. The molecule has 0 atom stereocenters. The molecule has 24 heavy (non-hydrogen) atoms. The first kappa shape index (κ1) is 15.1. The van der Waals surface area contributed by atoms with Crippen LogP contribution >= 0.6 is 0 Å². The molecule has 1 aliphatic rings. The van der Waals surface area contributed by atoms with Crippen LogP contribution in [0.5, 0.6) is 0 Å². The molecule has 4 rings (SSSR count). The first-order valence-electron chi connectivity index (χ1n) is 8.36. The molecule has 124 valence electrons. The van der Waals surface area contributed by atoms with Gasteiger partial charge in [-0.15, -0.1) is 0 Å². The number of fused-ring (bicyclic) bond motifs is 1. The summed E-state index contributed by atoms with van der Waals surface area (Å²) in [6.07, 6.45) is 3.56. The van der Waals surface area contributed by atoms with E-state index in [1.54, 1.807) is 6.33 Å². The zero-order chi connectivity index (χ0) is 16.5. The number of benzene rings is 1. The molecule has 0 spiro atoms. The van der Waals surface area contributed by atoms with Gasteiger partial charge in [0.15, 0.2) is 5.65 Å². The number of anilines is 1. The van der Waals surface area contributed by atoms with Gasteiger partial charge in [0.1, 0.15) is 12.1 Å². The molecule has 0 radical (unpaired) electrons. The fourth-order valence-corrected chi connectivity index (χ4v) is 3.25. The van der Waals surface area contributed by atoms with Crippen LogP contribution in [-0.2, 0) is 6.54 Å². The molecule has 6 heteroatoms. The van der Waals surface area contributed by atoms with Gasteiger partial charge in [-0.25, -0.2) is 14.6 Å². The quantitative estimate of drug-likeness (QED) is 0.737. The minimum Gasteiger partial charge on any atom is -0.353 e. The van der Waals surface area contributed by atoms with Crippen LogP contribution in [0.2, 0.25) is 0 Å². The Morgan fingerprint density at radius 2 is 1.92 bits per heavy atom. The van der Waals surface area contributed by atoms with Crippen LogP contribution in [0, 0.1) is 6.92 Å². The van der Waals surface area contributed by atoms with Gasteiger partial charge in [-0.1, -0.05) is 29.8 Å². The lowest BCUT2D eigenvalue weighted by Crippen LogP contribution is -2.44. The van der Waals surface area contributed by atoms with Crippen LogP contribution in [0.1, 0.15) is 11.1 Å². The molecule has 0 N–H and O–H groups in total. The van der Waals surface area contributed by atoms with Gasteiger partial charge in [0.25, 0.3) is 0 Å². The third-order valence-electron chi connectivity index (χ3n) is 4.63. The summed E-state index contributed by atoms with van der Waals surface area (Å²) in [4.78, 5) is 13.7. The Morgan fingerprint density at radius 3 is 2.71 bits per heavy atom. The van der Waals surface area contributed by atoms with E-state index in [9.17, 15) is 0 Å². The van der Waals surface area contributed by atoms with E-state index in [1.807, 2.05) is 10.9 Å². The summed E-state index contributed by atoms with van der Waals surface area (Å²) in [5.74, 6) is 1.00. The summed E-state index contributed by atoms with van der Waals surface area (Å²) in [5.41, 5.74) is 3.40. The number of hydrogen-bond donors (Lipinski definition) is 0. The minimum atomic E-state index is 0.727. The smallest absolute Gasteiger partial charge is 0.163 e. The third-order valence-corrected chi connectivity index (χ3v) is 4.63. The van der Waals surface area contributed by atoms with Gasteiger partial charge in [0.05, 0.1) is 18.1 Å². The Kier molecular flexibility index (Phi) is 3.90. The average molecular weight is 322 g/mol. The van der Waals surface area contributed by atoms with Gasteiger partial charge in [0.2, 0.25) is 0 Å². The molecule has 6 nitrogen and oxygen atoms in total. The largest absolute Gasteiger partial charge is 0.353 e. The fraction of sp³-hybridized carbons (Fsp3) is 0.389. The van der Waals surface area contributed by atoms with Crippen molar-refractivity contribution >= 4 is 16.9 Å². The molecule has 3 aromatic rings. The van der Waals surface area contributed by atoms with Crippen LogP contribution in [0.3, 0.4) is 0 Å². The minimum absolute atomic E-state index is 0.727. The SMILES string of the molecule is Cc1cccc(Cn2ncc3c(N4CCN(C)CC4)ncnc32)c1. The van der Waals surface area contributed by atoms with Crippen molar-refractivity contribution < 1.29 is 0 Å². The van der Waals surface area contributed by atoms with Crippen molar-refractivity contribution in [1.82, 2.24) is 24.6 Å². The number of piperazine rings is 1. The Morgan fingerprint density at radius 1 is 1.08 bits per heavy atom. The van der Waals surface area contributed by atoms with Crippen molar-refractivity contribution in [2.75, 3.05) is 38.1 Å². The molecule has 0 aliphatic carbocycles. The van der Waals surface area contributed by atoms with E-state index < -0.39 is 0 Å². The Hall–Kier alpha value is -2.47. The maximum absolute atomic E-state index is 4.57. The second-order valence-corrected chi connectivity index (χ2v) is 6.52. The molecule has 3 heterocycles. The first-order chi connectivity index (χ1) is 11.7. The summed E-state index contributed by atoms with van der Waals surface area (Å²) in [6.45, 7) is 6.94. The molecule has 1 aliphatic heterocycles. The van der Waals surface area contributed by atoms with Crippen molar-refractivity contribution in [2.45, 2.75) is 13.5 Å². The maximum Gasteiger partial charge on any atom is 0.163 e. The lowest BCUT2D eigenvalue weighted by Gasteiger charge is -2.33. The molecule has 0 unspecified atom stereocenters. The van der Waals surface area contributed by atoms with E-state index in [1.165, 1.54) is 11.1 Å². The predicted molar refractivity (Wildman–Crippen MR) is 95.3 cm³/mol. The number of aryl methyl sites for hydroxylation is 1. The highest BCUT2D eigenvalue weighted by atomic mass is 15.3. The van der Waals surface area contributed by atoms with Gasteiger partial charge in [-0.05, 0) is 19.5 Å². The van der Waals surface area contributed by atoms with Crippen molar-refractivity contribution in [3.05, 3.63) is 47.9 Å². The lowest BCUT2D eigenvalue weighted by molar-refractivity contribution is 0.312. The monoisotopic (exact) mass is 322 g/mol. The molecule has 1 saturated heterocycles. The van der Waals surface area contributed by atoms with E-state index >= 15 is 0 Å². The highest BCUT2D eigenvalue weighted by Crippen LogP contribution is 2.24. The topological polar surface area (TPSA) is 50.1 Å². The van der Waals surface area contributed by atoms with E-state index in [-0.39, 0.29) is 0 Å². The van der Waals surface area contributed by atoms with Crippen molar-refractivity contribution in [1.29, 1.82) is 0 Å². The van der Waals surface area contributed by atoms with Gasteiger partial charge >= 0.3 is 0 Å². The van der Waals surface area contributed by atoms with Gasteiger partial charge in [-0.3, -0.25) is 0 Å². The lowest BCUT2D eigenvalue weighted by atomic mass is 10.1. The number of likely N-dealkylation sites (N-methyl/N-ethyl adjacent to an activating group) is 1. The molecular formula is C18H22N6. The Balaban J connectivity index is 1.66. The standard InChI is InChI=1S/C18H22N6/c1-14-4-3-5-15(10-14)12-24-18-16(11-21-24)17(19-13-20-18)23-8-6-22(2)7-9-23/h3-5,10-11,13H,6-9,12H2,1-2H3. The highest BCUT2D eigenvalue weighted by Gasteiger charge is 2.19. The summed E-state index contributed by atoms with van der Waals surface area (Å²) >= 11 is 0. The molecule has 0 bridgehead atoms. The van der Waals surface area contributed by atoms with Crippen LogP contribution in [0.4, 0.5) is 5.82 Å². The molecule has 2 aromatic heterocycles. The van der Waals surface area contributed by atoms with Crippen LogP contribution in [-0.4, -0.2) is 57.9 Å². The van der Waals surface area contributed by atoms with Crippen LogP contribution in [0.15, 0.2) is 36.8 Å². The molecular weight excluding hydrogens is 300 g/mol. The maximum atomic E-state index is 4.57. The number of hydrogen-bond acceptors (Lipinski definition) is 5. The Labute approximate surface area is 141 Å². The van der Waals surface area contributed by atoms with Gasteiger partial charge in [0, 0.05) is 26.2 Å². The van der Waals surface area contributed by atoms with E-state index in [0.717, 1.165) is 49.6 Å². The summed E-state index contributed by atoms with van der Waals surface area (Å²) < 4.78 is 1.96. The fourth-order valence-electron chi connectivity index (χ4n) is 3.25. The van der Waals surface area contributed by atoms with E-state index in [2.05, 4.69) is 63.1 Å². The van der Waals surface area contributed by atoms with Crippen molar-refractivity contribution in [2.24, 2.45) is 0 Å². The van der Waals surface area contributed by atoms with Gasteiger partial charge in [-0.2, -0.15) is 5.10 Å². The Bertz CT molecular complexity index is 848. The molecule has 0 saturated carbocycles. The van der Waals surface area contributed by atoms with Crippen molar-refractivity contribution in [3.63, 3.8) is 0 Å². The average Bonchev–Trinajstić information content (AvgIpc) is 2.99. The normalized spacial score (nSPS) is 16.0. The van der Waals surface area contributed by atoms with E-state index in [4.69, 9.17) is 0 Å². The number of nitrogens with zero attached hydrogens (tertiary/aromatic N) is 6. The second-order valence-electron chi connectivity index (χ2n) is 6.52. The van der Waals surface area contributed by atoms with E-state index in [0.29, 0.717) is 0 Å². The summed E-state index contributed by atoms with van der Waals surface area (Å²) in [7, 11) is 2.16. The molecule has 1 fully saturated rings. The molecule has 1 aromatic carbocycles. The zero-order valence-electron chi connectivity index (χ0n) is 14.2. The molecule has 0 amide bonds. The second kappa shape index (κ2) is 6.20. The van der Waals surface area contributed by atoms with Crippen LogP contribution < -0.4 is 4.90 Å². The predicted octanol–water partition coefficient (Wildman–Crippen LogP) is 1.93. The zero-order valence-corrected chi connectivity index (χ0v) is 14.2. The first-order valence-corrected chi connectivity index (χ1v) is 8.36. The summed E-state index contributed by atoms with van der Waals surface area (Å²) in [6, 6.07) is 8.51. The number of rotatable bonds is 3. The van der Waals surface area contributed by atoms with Gasteiger partial charge < -0.3 is 9.80 Å². The summed E-state index contributed by atoms with van der Waals surface area (Å²) in [5, 5.41) is 5.60. The van der Waals surface area contributed by atoms with Crippen molar-refractivity contribution in [3.8, 4) is 0 Å².